The molecule has 0 fully saturated rings. The van der Waals surface area contributed by atoms with Crippen molar-refractivity contribution in [2.24, 2.45) is 0 Å². The van der Waals surface area contributed by atoms with Gasteiger partial charge in [-0.1, -0.05) is 18.2 Å². The Labute approximate surface area is 161 Å². The Morgan fingerprint density at radius 3 is 2.52 bits per heavy atom. The maximum absolute atomic E-state index is 12.7. The lowest BCUT2D eigenvalue weighted by atomic mass is 10.2. The summed E-state index contributed by atoms with van der Waals surface area (Å²) in [5.74, 6) is -2.30. The highest BCUT2D eigenvalue weighted by molar-refractivity contribution is 5.97. The monoisotopic (exact) mass is 405 g/mol. The Morgan fingerprint density at radius 1 is 1.07 bits per heavy atom. The topological polar surface area (TPSA) is 85.6 Å². The maximum Gasteiger partial charge on any atom is 0.416 e. The number of esters is 1. The molecule has 1 heterocycles. The fraction of sp³-hybridized carbons (Fsp3) is 0.150. The van der Waals surface area contributed by atoms with Gasteiger partial charge in [-0.15, -0.1) is 0 Å². The molecular weight excluding hydrogens is 391 g/mol. The molecule has 29 heavy (non-hydrogen) atoms. The van der Waals surface area contributed by atoms with Crippen LogP contribution in [0.3, 0.4) is 0 Å². The van der Waals surface area contributed by atoms with Crippen molar-refractivity contribution in [1.29, 1.82) is 0 Å². The number of carbonyl (C=O) groups is 2. The zero-order valence-electron chi connectivity index (χ0n) is 14.9. The first-order valence-corrected chi connectivity index (χ1v) is 8.37. The minimum absolute atomic E-state index is 0.107. The molecule has 0 saturated carbocycles. The molecule has 1 N–H and O–H groups in total. The SMILES string of the molecule is CC(OC(=O)c1cc(=O)c2ccccc2o1)C(=O)Nc1cccc(C(F)(F)F)c1. The molecule has 0 saturated heterocycles. The second-order valence-electron chi connectivity index (χ2n) is 6.09. The van der Waals surface area contributed by atoms with Crippen LogP contribution >= 0.6 is 0 Å². The Kier molecular flexibility index (Phi) is 5.40. The summed E-state index contributed by atoms with van der Waals surface area (Å²) in [6.45, 7) is 1.24. The molecule has 3 aromatic rings. The molecule has 0 aliphatic heterocycles. The van der Waals surface area contributed by atoms with Gasteiger partial charge in [-0.3, -0.25) is 9.59 Å². The molecule has 1 aromatic heterocycles. The average molecular weight is 405 g/mol. The lowest BCUT2D eigenvalue weighted by Crippen LogP contribution is -2.30. The van der Waals surface area contributed by atoms with Crippen LogP contribution in [0.4, 0.5) is 18.9 Å². The molecule has 2 aromatic carbocycles. The summed E-state index contributed by atoms with van der Waals surface area (Å²) in [6.07, 6.45) is -5.92. The van der Waals surface area contributed by atoms with Crippen molar-refractivity contribution in [3.05, 3.63) is 76.1 Å². The van der Waals surface area contributed by atoms with Gasteiger partial charge < -0.3 is 14.5 Å². The number of hydrogen-bond donors (Lipinski definition) is 1. The highest BCUT2D eigenvalue weighted by Gasteiger charge is 2.30. The van der Waals surface area contributed by atoms with Crippen LogP contribution in [0.2, 0.25) is 0 Å². The van der Waals surface area contributed by atoms with Crippen molar-refractivity contribution < 1.29 is 31.9 Å². The summed E-state index contributed by atoms with van der Waals surface area (Å²) in [7, 11) is 0. The Bertz CT molecular complexity index is 1140. The predicted octanol–water partition coefficient (Wildman–Crippen LogP) is 4.00. The van der Waals surface area contributed by atoms with E-state index in [0.29, 0.717) is 0 Å². The quantitative estimate of drug-likeness (QED) is 0.664. The number of para-hydroxylation sites is 1. The third kappa shape index (κ3) is 4.63. The van der Waals surface area contributed by atoms with Crippen molar-refractivity contribution in [2.75, 3.05) is 5.32 Å². The van der Waals surface area contributed by atoms with Crippen LogP contribution in [-0.4, -0.2) is 18.0 Å². The average Bonchev–Trinajstić information content (AvgIpc) is 2.67. The van der Waals surface area contributed by atoms with Crippen LogP contribution < -0.4 is 10.7 Å². The molecular formula is C20H14F3NO5. The number of hydrogen-bond acceptors (Lipinski definition) is 5. The van der Waals surface area contributed by atoms with Gasteiger partial charge in [0, 0.05) is 11.8 Å². The van der Waals surface area contributed by atoms with Gasteiger partial charge in [0.1, 0.15) is 5.58 Å². The Hall–Kier alpha value is -3.62. The van der Waals surface area contributed by atoms with E-state index in [0.717, 1.165) is 24.3 Å². The lowest BCUT2D eigenvalue weighted by molar-refractivity contribution is -0.137. The standard InChI is InChI=1S/C20H14F3NO5/c1-11(18(26)24-13-6-4-5-12(9-13)20(21,22)23)28-19(27)17-10-15(25)14-7-2-3-8-16(14)29-17/h2-11H,1H3,(H,24,26). The van der Waals surface area contributed by atoms with Crippen molar-refractivity contribution in [3.8, 4) is 0 Å². The van der Waals surface area contributed by atoms with Gasteiger partial charge in [0.25, 0.3) is 5.91 Å². The summed E-state index contributed by atoms with van der Waals surface area (Å²) >= 11 is 0. The van der Waals surface area contributed by atoms with E-state index in [2.05, 4.69) is 5.32 Å². The van der Waals surface area contributed by atoms with Gasteiger partial charge in [-0.2, -0.15) is 13.2 Å². The summed E-state index contributed by atoms with van der Waals surface area (Å²) in [5, 5.41) is 2.52. The van der Waals surface area contributed by atoms with E-state index in [1.54, 1.807) is 12.1 Å². The number of anilines is 1. The van der Waals surface area contributed by atoms with Gasteiger partial charge in [-0.25, -0.2) is 4.79 Å². The van der Waals surface area contributed by atoms with E-state index in [-0.39, 0.29) is 16.7 Å². The zero-order valence-corrected chi connectivity index (χ0v) is 14.9. The van der Waals surface area contributed by atoms with Gasteiger partial charge in [-0.05, 0) is 37.3 Å². The summed E-state index contributed by atoms with van der Waals surface area (Å²) in [4.78, 5) is 36.4. The summed E-state index contributed by atoms with van der Waals surface area (Å²) in [6, 6.07) is 11.3. The van der Waals surface area contributed by atoms with Crippen molar-refractivity contribution in [2.45, 2.75) is 19.2 Å². The minimum atomic E-state index is -4.56. The molecule has 1 amide bonds. The molecule has 0 bridgehead atoms. The number of amides is 1. The van der Waals surface area contributed by atoms with Crippen LogP contribution in [0, 0.1) is 0 Å². The maximum atomic E-state index is 12.7. The fourth-order valence-corrected chi connectivity index (χ4v) is 2.49. The number of halogens is 3. The Morgan fingerprint density at radius 2 is 1.79 bits per heavy atom. The van der Waals surface area contributed by atoms with E-state index in [1.807, 2.05) is 0 Å². The molecule has 1 atom stereocenters. The number of alkyl halides is 3. The highest BCUT2D eigenvalue weighted by Crippen LogP contribution is 2.30. The van der Waals surface area contributed by atoms with Crippen LogP contribution in [0.5, 0.6) is 0 Å². The number of carbonyl (C=O) groups excluding carboxylic acids is 2. The molecule has 0 aliphatic rings. The summed E-state index contributed by atoms with van der Waals surface area (Å²) in [5.41, 5.74) is -1.32. The van der Waals surface area contributed by atoms with Crippen molar-refractivity contribution in [3.63, 3.8) is 0 Å². The highest BCUT2D eigenvalue weighted by atomic mass is 19.4. The van der Waals surface area contributed by atoms with E-state index in [4.69, 9.17) is 9.15 Å². The number of ether oxygens (including phenoxy) is 1. The van der Waals surface area contributed by atoms with Crippen LogP contribution in [-0.2, 0) is 15.7 Å². The van der Waals surface area contributed by atoms with Gasteiger partial charge in [0.15, 0.2) is 11.5 Å². The molecule has 150 valence electrons. The normalized spacial score (nSPS) is 12.4. The van der Waals surface area contributed by atoms with Crippen molar-refractivity contribution in [1.82, 2.24) is 0 Å². The molecule has 0 radical (unpaired) electrons. The first-order chi connectivity index (χ1) is 13.6. The van der Waals surface area contributed by atoms with E-state index in [1.165, 1.54) is 25.1 Å². The largest absolute Gasteiger partial charge is 0.449 e. The smallest absolute Gasteiger partial charge is 0.416 e. The number of benzene rings is 2. The first-order valence-electron chi connectivity index (χ1n) is 8.37. The number of nitrogens with one attached hydrogen (secondary N) is 1. The van der Waals surface area contributed by atoms with Gasteiger partial charge in [0.05, 0.1) is 10.9 Å². The minimum Gasteiger partial charge on any atom is -0.449 e. The molecule has 3 rings (SSSR count). The molecule has 1 unspecified atom stereocenters. The predicted molar refractivity (Wildman–Crippen MR) is 97.4 cm³/mol. The van der Waals surface area contributed by atoms with Gasteiger partial charge >= 0.3 is 12.1 Å². The zero-order chi connectivity index (χ0) is 21.2. The second-order valence-corrected chi connectivity index (χ2v) is 6.09. The van der Waals surface area contributed by atoms with E-state index >= 15 is 0 Å². The van der Waals surface area contributed by atoms with E-state index < -0.39 is 40.9 Å². The number of fused-ring (bicyclic) bond motifs is 1. The first kappa shape index (κ1) is 20.1. The third-order valence-electron chi connectivity index (χ3n) is 3.95. The molecule has 0 spiro atoms. The van der Waals surface area contributed by atoms with Crippen LogP contribution in [0.25, 0.3) is 11.0 Å². The molecule has 0 aliphatic carbocycles. The summed E-state index contributed by atoms with van der Waals surface area (Å²) < 4.78 is 48.5. The lowest BCUT2D eigenvalue weighted by Gasteiger charge is -2.14. The fourth-order valence-electron chi connectivity index (χ4n) is 2.49. The van der Waals surface area contributed by atoms with Crippen molar-refractivity contribution >= 4 is 28.5 Å². The Balaban J connectivity index is 1.71. The number of rotatable bonds is 4. The van der Waals surface area contributed by atoms with Crippen LogP contribution in [0.15, 0.2) is 63.8 Å². The molecule has 6 nitrogen and oxygen atoms in total. The van der Waals surface area contributed by atoms with Gasteiger partial charge in [0.2, 0.25) is 5.76 Å². The second kappa shape index (κ2) is 7.78. The third-order valence-corrected chi connectivity index (χ3v) is 3.95. The van der Waals surface area contributed by atoms with E-state index in [9.17, 15) is 27.6 Å². The van der Waals surface area contributed by atoms with Crippen LogP contribution in [0.1, 0.15) is 23.0 Å². The molecule has 9 heteroatoms.